The van der Waals surface area contributed by atoms with Crippen molar-refractivity contribution in [3.63, 3.8) is 0 Å². The van der Waals surface area contributed by atoms with Gasteiger partial charge >= 0.3 is 0 Å². The molecule has 1 aromatic carbocycles. The fourth-order valence-electron chi connectivity index (χ4n) is 0.908. The SMILES string of the molecule is Brc1ccc2c(c1)NSCO2. The van der Waals surface area contributed by atoms with Gasteiger partial charge in [0.2, 0.25) is 0 Å². The summed E-state index contributed by atoms with van der Waals surface area (Å²) in [7, 11) is 0. The predicted octanol–water partition coefficient (Wildman–Crippen LogP) is 2.86. The molecule has 58 valence electrons. The van der Waals surface area contributed by atoms with Crippen LogP contribution in [0, 0.1) is 0 Å². The van der Waals surface area contributed by atoms with Crippen molar-refractivity contribution in [3.8, 4) is 5.75 Å². The van der Waals surface area contributed by atoms with E-state index in [2.05, 4.69) is 20.7 Å². The van der Waals surface area contributed by atoms with Gasteiger partial charge in [0.1, 0.15) is 5.75 Å². The van der Waals surface area contributed by atoms with Crippen LogP contribution in [-0.2, 0) is 0 Å². The maximum absolute atomic E-state index is 5.36. The second kappa shape index (κ2) is 2.95. The summed E-state index contributed by atoms with van der Waals surface area (Å²) in [5.41, 5.74) is 1.04. The summed E-state index contributed by atoms with van der Waals surface area (Å²) in [4.78, 5) is 0. The zero-order valence-corrected chi connectivity index (χ0v) is 8.04. The van der Waals surface area contributed by atoms with E-state index in [0.29, 0.717) is 5.94 Å². The normalized spacial score (nSPS) is 14.6. The van der Waals surface area contributed by atoms with Gasteiger partial charge in [0.05, 0.1) is 5.69 Å². The molecular formula is C7H6BrNOS. The zero-order valence-electron chi connectivity index (χ0n) is 5.63. The minimum atomic E-state index is 0.675. The molecule has 1 aliphatic rings. The highest BCUT2D eigenvalue weighted by Gasteiger charge is 2.08. The van der Waals surface area contributed by atoms with Crippen LogP contribution in [0.25, 0.3) is 0 Å². The fraction of sp³-hybridized carbons (Fsp3) is 0.143. The largest absolute Gasteiger partial charge is 0.479 e. The first kappa shape index (κ1) is 7.31. The van der Waals surface area contributed by atoms with Crippen LogP contribution in [0.1, 0.15) is 0 Å². The summed E-state index contributed by atoms with van der Waals surface area (Å²) in [5.74, 6) is 1.60. The first-order valence-corrected chi connectivity index (χ1v) is 4.94. The van der Waals surface area contributed by atoms with Gasteiger partial charge in [-0.2, -0.15) is 0 Å². The summed E-state index contributed by atoms with van der Waals surface area (Å²) in [6, 6.07) is 5.92. The highest BCUT2D eigenvalue weighted by atomic mass is 79.9. The van der Waals surface area contributed by atoms with Crippen molar-refractivity contribution in [1.82, 2.24) is 0 Å². The van der Waals surface area contributed by atoms with Gasteiger partial charge in [0, 0.05) is 4.47 Å². The van der Waals surface area contributed by atoms with E-state index < -0.39 is 0 Å². The summed E-state index contributed by atoms with van der Waals surface area (Å²) in [5, 5.41) is 0. The number of hydrogen-bond donors (Lipinski definition) is 1. The standard InChI is InChI=1S/C7H6BrNOS/c8-5-1-2-7-6(3-5)9-11-4-10-7/h1-3,9H,4H2. The number of halogens is 1. The Labute approximate surface area is 77.6 Å². The van der Waals surface area contributed by atoms with Crippen molar-refractivity contribution in [1.29, 1.82) is 0 Å². The third-order valence-electron chi connectivity index (χ3n) is 1.40. The highest BCUT2D eigenvalue weighted by Crippen LogP contribution is 2.33. The van der Waals surface area contributed by atoms with Crippen molar-refractivity contribution in [2.24, 2.45) is 0 Å². The Morgan fingerprint density at radius 3 is 3.36 bits per heavy atom. The number of hydrogen-bond acceptors (Lipinski definition) is 3. The molecule has 11 heavy (non-hydrogen) atoms. The predicted molar refractivity (Wildman–Crippen MR) is 50.9 cm³/mol. The molecule has 0 aromatic heterocycles. The van der Waals surface area contributed by atoms with E-state index in [0.717, 1.165) is 15.9 Å². The van der Waals surface area contributed by atoms with Crippen LogP contribution in [0.5, 0.6) is 5.75 Å². The third kappa shape index (κ3) is 1.46. The van der Waals surface area contributed by atoms with Crippen LogP contribution in [0.15, 0.2) is 22.7 Å². The summed E-state index contributed by atoms with van der Waals surface area (Å²) in [6.07, 6.45) is 0. The Balaban J connectivity index is 2.43. The molecule has 0 unspecified atom stereocenters. The average Bonchev–Trinajstić information content (AvgIpc) is 2.04. The van der Waals surface area contributed by atoms with Gasteiger partial charge in [-0.1, -0.05) is 15.9 Å². The molecule has 0 bridgehead atoms. The van der Waals surface area contributed by atoms with Gasteiger partial charge in [0.15, 0.2) is 5.94 Å². The molecule has 1 heterocycles. The molecule has 1 aromatic rings. The fourth-order valence-corrected chi connectivity index (χ4v) is 1.83. The number of rotatable bonds is 0. The molecule has 0 saturated carbocycles. The number of fused-ring (bicyclic) bond motifs is 1. The minimum absolute atomic E-state index is 0.675. The van der Waals surface area contributed by atoms with Gasteiger partial charge in [0.25, 0.3) is 0 Å². The Morgan fingerprint density at radius 2 is 2.45 bits per heavy atom. The van der Waals surface area contributed by atoms with Crippen LogP contribution in [0.3, 0.4) is 0 Å². The minimum Gasteiger partial charge on any atom is -0.479 e. The molecule has 0 spiro atoms. The quantitative estimate of drug-likeness (QED) is 0.695. The highest BCUT2D eigenvalue weighted by molar-refractivity contribution is 9.10. The van der Waals surface area contributed by atoms with E-state index >= 15 is 0 Å². The molecule has 0 saturated heterocycles. The Morgan fingerprint density at radius 1 is 1.55 bits per heavy atom. The first-order chi connectivity index (χ1) is 5.36. The number of nitrogens with one attached hydrogen (secondary N) is 1. The number of anilines is 1. The van der Waals surface area contributed by atoms with Crippen molar-refractivity contribution in [3.05, 3.63) is 22.7 Å². The molecule has 1 aliphatic heterocycles. The molecule has 2 nitrogen and oxygen atoms in total. The zero-order chi connectivity index (χ0) is 7.68. The van der Waals surface area contributed by atoms with Crippen LogP contribution in [-0.4, -0.2) is 5.94 Å². The van der Waals surface area contributed by atoms with E-state index in [1.165, 1.54) is 0 Å². The second-order valence-electron chi connectivity index (χ2n) is 2.15. The van der Waals surface area contributed by atoms with Crippen LogP contribution >= 0.6 is 27.9 Å². The van der Waals surface area contributed by atoms with E-state index in [4.69, 9.17) is 4.74 Å². The first-order valence-electron chi connectivity index (χ1n) is 3.16. The topological polar surface area (TPSA) is 21.3 Å². The molecule has 4 heteroatoms. The smallest absolute Gasteiger partial charge is 0.153 e. The summed E-state index contributed by atoms with van der Waals surface area (Å²) >= 11 is 4.94. The molecular weight excluding hydrogens is 226 g/mol. The van der Waals surface area contributed by atoms with Gasteiger partial charge in [-0.3, -0.25) is 0 Å². The van der Waals surface area contributed by atoms with Gasteiger partial charge in [-0.05, 0) is 30.1 Å². The second-order valence-corrected chi connectivity index (χ2v) is 3.79. The molecule has 0 aliphatic carbocycles. The lowest BCUT2D eigenvalue weighted by molar-refractivity contribution is 0.392. The lowest BCUT2D eigenvalue weighted by atomic mass is 10.3. The average molecular weight is 232 g/mol. The van der Waals surface area contributed by atoms with Crippen LogP contribution in [0.4, 0.5) is 5.69 Å². The van der Waals surface area contributed by atoms with Crippen molar-refractivity contribution >= 4 is 33.6 Å². The molecule has 0 amide bonds. The molecule has 1 N–H and O–H groups in total. The Hall–Kier alpha value is -0.350. The number of benzene rings is 1. The Bertz CT molecular complexity index is 279. The molecule has 0 radical (unpaired) electrons. The summed E-state index contributed by atoms with van der Waals surface area (Å²) in [6.45, 7) is 0. The van der Waals surface area contributed by atoms with E-state index in [-0.39, 0.29) is 0 Å². The van der Waals surface area contributed by atoms with Gasteiger partial charge in [-0.25, -0.2) is 0 Å². The van der Waals surface area contributed by atoms with Crippen LogP contribution < -0.4 is 9.46 Å². The van der Waals surface area contributed by atoms with Crippen molar-refractivity contribution < 1.29 is 4.74 Å². The monoisotopic (exact) mass is 231 g/mol. The van der Waals surface area contributed by atoms with E-state index in [1.54, 1.807) is 11.9 Å². The third-order valence-corrected chi connectivity index (χ3v) is 2.49. The van der Waals surface area contributed by atoms with E-state index in [1.807, 2.05) is 18.2 Å². The lowest BCUT2D eigenvalue weighted by Crippen LogP contribution is -2.05. The Kier molecular flexibility index (Phi) is 1.96. The number of ether oxygens (including phenoxy) is 1. The molecule has 0 atom stereocenters. The summed E-state index contributed by atoms with van der Waals surface area (Å²) < 4.78 is 9.59. The van der Waals surface area contributed by atoms with Gasteiger partial charge < -0.3 is 9.46 Å². The maximum atomic E-state index is 5.36. The van der Waals surface area contributed by atoms with E-state index in [9.17, 15) is 0 Å². The van der Waals surface area contributed by atoms with Gasteiger partial charge in [-0.15, -0.1) is 0 Å². The van der Waals surface area contributed by atoms with Crippen molar-refractivity contribution in [2.45, 2.75) is 0 Å². The van der Waals surface area contributed by atoms with Crippen LogP contribution in [0.2, 0.25) is 0 Å². The molecule has 2 rings (SSSR count). The lowest BCUT2D eigenvalue weighted by Gasteiger charge is -2.17. The van der Waals surface area contributed by atoms with Crippen molar-refractivity contribution in [2.75, 3.05) is 10.7 Å². The maximum Gasteiger partial charge on any atom is 0.153 e. The molecule has 0 fully saturated rings.